The van der Waals surface area contributed by atoms with Gasteiger partial charge in [0, 0.05) is 6.42 Å². The maximum atomic E-state index is 10.4. The van der Waals surface area contributed by atoms with Crippen molar-refractivity contribution >= 4 is 12.0 Å². The van der Waals surface area contributed by atoms with Crippen LogP contribution in [0.4, 0.5) is 0 Å². The fourth-order valence-corrected chi connectivity index (χ4v) is 2.19. The van der Waals surface area contributed by atoms with Gasteiger partial charge in [-0.2, -0.15) is 0 Å². The highest BCUT2D eigenvalue weighted by Crippen LogP contribution is 2.27. The lowest BCUT2D eigenvalue weighted by Gasteiger charge is -2.23. The van der Waals surface area contributed by atoms with E-state index < -0.39 is 5.97 Å². The van der Waals surface area contributed by atoms with E-state index in [9.17, 15) is 4.79 Å². The molecule has 0 saturated carbocycles. The summed E-state index contributed by atoms with van der Waals surface area (Å²) in [4.78, 5) is 10.4. The second kappa shape index (κ2) is 5.53. The van der Waals surface area contributed by atoms with E-state index in [-0.39, 0.29) is 6.42 Å². The number of rotatable bonds is 5. The molecule has 1 aromatic rings. The molecular formula is C14H17NO2. The minimum Gasteiger partial charge on any atom is -0.481 e. The molecule has 0 spiro atoms. The zero-order chi connectivity index (χ0) is 12.1. The van der Waals surface area contributed by atoms with Gasteiger partial charge in [-0.05, 0) is 36.2 Å². The molecule has 0 radical (unpaired) electrons. The van der Waals surface area contributed by atoms with Crippen LogP contribution in [-0.2, 0) is 4.79 Å². The van der Waals surface area contributed by atoms with Crippen LogP contribution < -0.4 is 5.32 Å². The molecule has 0 amide bonds. The minimum atomic E-state index is -0.707. The summed E-state index contributed by atoms with van der Waals surface area (Å²) in [7, 11) is 0. The van der Waals surface area contributed by atoms with Crippen LogP contribution >= 0.6 is 0 Å². The highest BCUT2D eigenvalue weighted by atomic mass is 16.4. The van der Waals surface area contributed by atoms with E-state index in [1.54, 1.807) is 0 Å². The molecule has 1 aliphatic heterocycles. The fraction of sp³-hybridized carbons (Fsp3) is 0.357. The zero-order valence-corrected chi connectivity index (χ0v) is 9.73. The Kier molecular flexibility index (Phi) is 3.81. The van der Waals surface area contributed by atoms with Crippen molar-refractivity contribution < 1.29 is 9.90 Å². The fourth-order valence-electron chi connectivity index (χ4n) is 2.19. The Morgan fingerprint density at radius 1 is 1.29 bits per heavy atom. The van der Waals surface area contributed by atoms with Gasteiger partial charge < -0.3 is 10.4 Å². The molecule has 0 aromatic heterocycles. The van der Waals surface area contributed by atoms with Crippen molar-refractivity contribution in [1.29, 1.82) is 0 Å². The van der Waals surface area contributed by atoms with E-state index in [1.807, 2.05) is 18.3 Å². The van der Waals surface area contributed by atoms with E-state index in [0.717, 1.165) is 19.3 Å². The van der Waals surface area contributed by atoms with Crippen molar-refractivity contribution in [3.8, 4) is 0 Å². The first-order valence-corrected chi connectivity index (χ1v) is 6.00. The van der Waals surface area contributed by atoms with Crippen LogP contribution in [0, 0.1) is 0 Å². The molecule has 1 atom stereocenters. The number of carboxylic acid groups (broad SMARTS) is 1. The van der Waals surface area contributed by atoms with Gasteiger partial charge in [0.25, 0.3) is 0 Å². The van der Waals surface area contributed by atoms with Crippen molar-refractivity contribution in [3.63, 3.8) is 0 Å². The Labute approximate surface area is 101 Å². The summed E-state index contributed by atoms with van der Waals surface area (Å²) in [6, 6.07) is 8.65. The molecule has 90 valence electrons. The maximum absolute atomic E-state index is 10.4. The van der Waals surface area contributed by atoms with Gasteiger partial charge in [0.1, 0.15) is 0 Å². The monoisotopic (exact) mass is 231 g/mol. The largest absolute Gasteiger partial charge is 0.481 e. The average Bonchev–Trinajstić information content (AvgIpc) is 2.34. The van der Waals surface area contributed by atoms with Crippen LogP contribution in [-0.4, -0.2) is 11.1 Å². The smallest absolute Gasteiger partial charge is 0.303 e. The first kappa shape index (κ1) is 11.7. The predicted molar refractivity (Wildman–Crippen MR) is 67.5 cm³/mol. The van der Waals surface area contributed by atoms with Gasteiger partial charge in [0.2, 0.25) is 0 Å². The summed E-state index contributed by atoms with van der Waals surface area (Å²) in [5.41, 5.74) is 2.57. The molecule has 1 aliphatic rings. The first-order chi connectivity index (χ1) is 8.27. The first-order valence-electron chi connectivity index (χ1n) is 6.00. The molecule has 1 unspecified atom stereocenters. The van der Waals surface area contributed by atoms with Gasteiger partial charge in [-0.15, -0.1) is 0 Å². The molecule has 3 heteroatoms. The molecule has 0 bridgehead atoms. The van der Waals surface area contributed by atoms with Crippen molar-refractivity contribution in [2.45, 2.75) is 31.7 Å². The van der Waals surface area contributed by atoms with Crippen LogP contribution in [0.15, 0.2) is 30.5 Å². The molecule has 2 rings (SSSR count). The van der Waals surface area contributed by atoms with E-state index in [0.29, 0.717) is 6.04 Å². The van der Waals surface area contributed by atoms with E-state index >= 15 is 0 Å². The molecule has 3 nitrogen and oxygen atoms in total. The third-order valence-electron chi connectivity index (χ3n) is 3.07. The van der Waals surface area contributed by atoms with E-state index in [4.69, 9.17) is 5.11 Å². The Morgan fingerprint density at radius 3 is 2.94 bits per heavy atom. The summed E-state index contributed by atoms with van der Waals surface area (Å²) < 4.78 is 0. The summed E-state index contributed by atoms with van der Waals surface area (Å²) in [6.45, 7) is 0. The molecule has 0 aliphatic carbocycles. The van der Waals surface area contributed by atoms with Crippen LogP contribution in [0.2, 0.25) is 0 Å². The van der Waals surface area contributed by atoms with Crippen molar-refractivity contribution in [2.24, 2.45) is 0 Å². The Balaban J connectivity index is 1.90. The molecule has 17 heavy (non-hydrogen) atoms. The second-order valence-electron chi connectivity index (χ2n) is 4.32. The number of carboxylic acids is 1. The SMILES string of the molecule is O=C(O)CCCCC1NC=Cc2ccccc21. The molecule has 1 heterocycles. The van der Waals surface area contributed by atoms with Gasteiger partial charge in [-0.25, -0.2) is 0 Å². The lowest BCUT2D eigenvalue weighted by Crippen LogP contribution is -2.19. The number of carbonyl (C=O) groups is 1. The third kappa shape index (κ3) is 3.09. The zero-order valence-electron chi connectivity index (χ0n) is 9.73. The van der Waals surface area contributed by atoms with Gasteiger partial charge in [-0.3, -0.25) is 4.79 Å². The molecule has 1 aromatic carbocycles. The quantitative estimate of drug-likeness (QED) is 0.766. The highest BCUT2D eigenvalue weighted by Gasteiger charge is 2.15. The maximum Gasteiger partial charge on any atom is 0.303 e. The number of unbranched alkanes of at least 4 members (excludes halogenated alkanes) is 1. The number of hydrogen-bond acceptors (Lipinski definition) is 2. The van der Waals surface area contributed by atoms with E-state index in [2.05, 4.69) is 23.5 Å². The number of fused-ring (bicyclic) bond motifs is 1. The van der Waals surface area contributed by atoms with Gasteiger partial charge in [-0.1, -0.05) is 30.7 Å². The van der Waals surface area contributed by atoms with Crippen LogP contribution in [0.5, 0.6) is 0 Å². The Morgan fingerprint density at radius 2 is 2.12 bits per heavy atom. The Bertz CT molecular complexity index is 426. The molecule has 2 N–H and O–H groups in total. The van der Waals surface area contributed by atoms with Gasteiger partial charge in [0.05, 0.1) is 6.04 Å². The van der Waals surface area contributed by atoms with Crippen LogP contribution in [0.3, 0.4) is 0 Å². The summed E-state index contributed by atoms with van der Waals surface area (Å²) in [6.07, 6.45) is 6.98. The highest BCUT2D eigenvalue weighted by molar-refractivity contribution is 5.66. The summed E-state index contributed by atoms with van der Waals surface area (Å²) in [5.74, 6) is -0.707. The summed E-state index contributed by atoms with van der Waals surface area (Å²) in [5, 5.41) is 11.9. The van der Waals surface area contributed by atoms with Crippen molar-refractivity contribution in [1.82, 2.24) is 5.32 Å². The van der Waals surface area contributed by atoms with Crippen molar-refractivity contribution in [2.75, 3.05) is 0 Å². The average molecular weight is 231 g/mol. The normalized spacial score (nSPS) is 17.3. The molecule has 0 saturated heterocycles. The summed E-state index contributed by atoms with van der Waals surface area (Å²) >= 11 is 0. The van der Waals surface area contributed by atoms with Crippen LogP contribution in [0.1, 0.15) is 42.9 Å². The van der Waals surface area contributed by atoms with Crippen LogP contribution in [0.25, 0.3) is 6.08 Å². The Hall–Kier alpha value is -1.77. The van der Waals surface area contributed by atoms with Gasteiger partial charge >= 0.3 is 5.97 Å². The minimum absolute atomic E-state index is 0.268. The van der Waals surface area contributed by atoms with Gasteiger partial charge in [0.15, 0.2) is 0 Å². The third-order valence-corrected chi connectivity index (χ3v) is 3.07. The van der Waals surface area contributed by atoms with E-state index in [1.165, 1.54) is 11.1 Å². The number of aliphatic carboxylic acids is 1. The molecular weight excluding hydrogens is 214 g/mol. The second-order valence-corrected chi connectivity index (χ2v) is 4.32. The molecule has 0 fully saturated rings. The number of hydrogen-bond donors (Lipinski definition) is 2. The topological polar surface area (TPSA) is 49.3 Å². The van der Waals surface area contributed by atoms with Crippen molar-refractivity contribution in [3.05, 3.63) is 41.6 Å². The predicted octanol–water partition coefficient (Wildman–Crippen LogP) is 2.95. The lowest BCUT2D eigenvalue weighted by atomic mass is 9.94. The standard InChI is InChI=1S/C14H17NO2/c16-14(17)8-4-3-7-13-12-6-2-1-5-11(12)9-10-15-13/h1-2,5-6,9-10,13,15H,3-4,7-8H2,(H,16,17). The number of nitrogens with one attached hydrogen (secondary N) is 1. The lowest BCUT2D eigenvalue weighted by molar-refractivity contribution is -0.137. The number of benzene rings is 1.